The number of fused-ring (bicyclic) bond motifs is 1. The molecule has 2 aromatic rings. The highest BCUT2D eigenvalue weighted by Gasteiger charge is 2.27. The summed E-state index contributed by atoms with van der Waals surface area (Å²) in [6.45, 7) is 0. The zero-order valence-corrected chi connectivity index (χ0v) is 13.7. The van der Waals surface area contributed by atoms with Crippen LogP contribution < -0.4 is 10.5 Å². The summed E-state index contributed by atoms with van der Waals surface area (Å²) in [5, 5.41) is 11.3. The van der Waals surface area contributed by atoms with Crippen molar-refractivity contribution in [1.82, 2.24) is 9.71 Å². The van der Waals surface area contributed by atoms with Crippen LogP contribution in [0.4, 0.5) is 5.69 Å². The number of sulfonamides is 1. The molecule has 0 aliphatic heterocycles. The Hall–Kier alpha value is -2.10. The third-order valence-electron chi connectivity index (χ3n) is 4.29. The molecule has 0 saturated heterocycles. The van der Waals surface area contributed by atoms with Gasteiger partial charge in [-0.2, -0.15) is 0 Å². The van der Waals surface area contributed by atoms with E-state index in [4.69, 9.17) is 5.73 Å². The van der Waals surface area contributed by atoms with Gasteiger partial charge in [0.05, 0.1) is 15.8 Å². The van der Waals surface area contributed by atoms with E-state index in [0.717, 1.165) is 12.8 Å². The number of hydrogen-bond donors (Lipinski definition) is 2. The SMILES string of the molecule is NC1CCC(NS(=O)(=O)c2ccc([N+](=O)[O-])c3cccnc23)CC1. The van der Waals surface area contributed by atoms with Gasteiger partial charge in [0.2, 0.25) is 10.0 Å². The third kappa shape index (κ3) is 3.23. The van der Waals surface area contributed by atoms with Crippen molar-refractivity contribution in [3.05, 3.63) is 40.6 Å². The highest BCUT2D eigenvalue weighted by atomic mass is 32.2. The summed E-state index contributed by atoms with van der Waals surface area (Å²) >= 11 is 0. The fraction of sp³-hybridized carbons (Fsp3) is 0.400. The lowest BCUT2D eigenvalue weighted by Crippen LogP contribution is -2.40. The van der Waals surface area contributed by atoms with E-state index in [9.17, 15) is 18.5 Å². The molecule has 8 nitrogen and oxygen atoms in total. The lowest BCUT2D eigenvalue weighted by molar-refractivity contribution is -0.383. The van der Waals surface area contributed by atoms with Crippen LogP contribution in [0.5, 0.6) is 0 Å². The Balaban J connectivity index is 1.99. The topological polar surface area (TPSA) is 128 Å². The number of aromatic nitrogens is 1. The second-order valence-electron chi connectivity index (χ2n) is 5.97. The van der Waals surface area contributed by atoms with Crippen LogP contribution in [0, 0.1) is 10.1 Å². The van der Waals surface area contributed by atoms with Gasteiger partial charge in [0.25, 0.3) is 5.69 Å². The molecule has 0 spiro atoms. The van der Waals surface area contributed by atoms with Crippen LogP contribution in [0.2, 0.25) is 0 Å². The summed E-state index contributed by atoms with van der Waals surface area (Å²) in [6.07, 6.45) is 4.32. The van der Waals surface area contributed by atoms with E-state index >= 15 is 0 Å². The Kier molecular flexibility index (Phi) is 4.48. The molecule has 9 heteroatoms. The van der Waals surface area contributed by atoms with E-state index in [2.05, 4.69) is 9.71 Å². The number of nitrogens with one attached hydrogen (secondary N) is 1. The van der Waals surface area contributed by atoms with Gasteiger partial charge < -0.3 is 5.73 Å². The average molecular weight is 350 g/mol. The lowest BCUT2D eigenvalue weighted by atomic mass is 9.93. The molecule has 128 valence electrons. The highest BCUT2D eigenvalue weighted by molar-refractivity contribution is 7.89. The fourth-order valence-corrected chi connectivity index (χ4v) is 4.49. The number of nitro benzene ring substituents is 1. The van der Waals surface area contributed by atoms with Crippen LogP contribution >= 0.6 is 0 Å². The van der Waals surface area contributed by atoms with Crippen LogP contribution in [-0.2, 0) is 10.0 Å². The number of benzene rings is 1. The van der Waals surface area contributed by atoms with Crippen LogP contribution in [-0.4, -0.2) is 30.4 Å². The number of nitrogens with zero attached hydrogens (tertiary/aromatic N) is 2. The first-order chi connectivity index (χ1) is 11.4. The van der Waals surface area contributed by atoms with Crippen molar-refractivity contribution in [2.24, 2.45) is 5.73 Å². The molecule has 0 bridgehead atoms. The Labute approximate surface area is 139 Å². The maximum Gasteiger partial charge on any atom is 0.278 e. The first-order valence-corrected chi connectivity index (χ1v) is 9.17. The molecular weight excluding hydrogens is 332 g/mol. The summed E-state index contributed by atoms with van der Waals surface area (Å²) in [7, 11) is -3.82. The molecule has 1 saturated carbocycles. The maximum atomic E-state index is 12.7. The Morgan fingerprint density at radius 1 is 1.21 bits per heavy atom. The van der Waals surface area contributed by atoms with E-state index < -0.39 is 14.9 Å². The lowest BCUT2D eigenvalue weighted by Gasteiger charge is -2.26. The van der Waals surface area contributed by atoms with E-state index in [1.807, 2.05) is 0 Å². The van der Waals surface area contributed by atoms with Crippen molar-refractivity contribution in [2.75, 3.05) is 0 Å². The summed E-state index contributed by atoms with van der Waals surface area (Å²) in [5.41, 5.74) is 5.78. The van der Waals surface area contributed by atoms with Gasteiger partial charge in [-0.15, -0.1) is 0 Å². The minimum atomic E-state index is -3.82. The summed E-state index contributed by atoms with van der Waals surface area (Å²) in [4.78, 5) is 14.6. The number of non-ortho nitro benzene ring substituents is 1. The second kappa shape index (κ2) is 6.42. The maximum absolute atomic E-state index is 12.7. The van der Waals surface area contributed by atoms with Crippen LogP contribution in [0.15, 0.2) is 35.4 Å². The zero-order valence-electron chi connectivity index (χ0n) is 12.9. The van der Waals surface area contributed by atoms with Crippen molar-refractivity contribution in [1.29, 1.82) is 0 Å². The van der Waals surface area contributed by atoms with E-state index in [0.29, 0.717) is 12.8 Å². The first-order valence-electron chi connectivity index (χ1n) is 7.68. The van der Waals surface area contributed by atoms with Crippen LogP contribution in [0.3, 0.4) is 0 Å². The van der Waals surface area contributed by atoms with Gasteiger partial charge in [0, 0.05) is 24.3 Å². The quantitative estimate of drug-likeness (QED) is 0.638. The smallest absolute Gasteiger partial charge is 0.278 e. The van der Waals surface area contributed by atoms with Crippen molar-refractivity contribution in [3.63, 3.8) is 0 Å². The molecule has 0 atom stereocenters. The largest absolute Gasteiger partial charge is 0.328 e. The Morgan fingerprint density at radius 3 is 2.58 bits per heavy atom. The molecule has 0 radical (unpaired) electrons. The summed E-state index contributed by atoms with van der Waals surface area (Å²) in [6, 6.07) is 5.43. The third-order valence-corrected chi connectivity index (χ3v) is 5.84. The summed E-state index contributed by atoms with van der Waals surface area (Å²) in [5.74, 6) is 0. The minimum Gasteiger partial charge on any atom is -0.328 e. The fourth-order valence-electron chi connectivity index (χ4n) is 3.03. The van der Waals surface area contributed by atoms with Crippen LogP contribution in [0.1, 0.15) is 25.7 Å². The predicted octanol–water partition coefficient (Wildman–Crippen LogP) is 1.69. The van der Waals surface area contributed by atoms with Crippen LogP contribution in [0.25, 0.3) is 10.9 Å². The van der Waals surface area contributed by atoms with Crippen molar-refractivity contribution >= 4 is 26.6 Å². The molecule has 0 amide bonds. The van der Waals surface area contributed by atoms with Gasteiger partial charge in [0.1, 0.15) is 4.90 Å². The Bertz CT molecular complexity index is 876. The van der Waals surface area contributed by atoms with Gasteiger partial charge in [-0.05, 0) is 43.9 Å². The minimum absolute atomic E-state index is 0.0430. The molecule has 3 N–H and O–H groups in total. The molecule has 1 aliphatic carbocycles. The molecule has 0 unspecified atom stereocenters. The highest BCUT2D eigenvalue weighted by Crippen LogP contribution is 2.30. The van der Waals surface area contributed by atoms with E-state index in [-0.39, 0.29) is 33.6 Å². The molecule has 1 aromatic carbocycles. The zero-order chi connectivity index (χ0) is 17.3. The molecule has 1 aromatic heterocycles. The van der Waals surface area contributed by atoms with E-state index in [1.54, 1.807) is 6.07 Å². The number of nitro groups is 1. The standard InChI is InChI=1S/C15H18N4O4S/c16-10-3-5-11(6-4-10)18-24(22,23)14-8-7-13(19(20)21)12-2-1-9-17-15(12)14/h1-2,7-11,18H,3-6,16H2. The Morgan fingerprint density at radius 2 is 1.92 bits per heavy atom. The van der Waals surface area contributed by atoms with Crippen molar-refractivity contribution < 1.29 is 13.3 Å². The second-order valence-corrected chi connectivity index (χ2v) is 7.65. The predicted molar refractivity (Wildman–Crippen MR) is 89.0 cm³/mol. The molecule has 24 heavy (non-hydrogen) atoms. The number of nitrogens with two attached hydrogens (primary N) is 1. The molecule has 1 heterocycles. The monoisotopic (exact) mass is 350 g/mol. The van der Waals surface area contributed by atoms with Gasteiger partial charge in [-0.1, -0.05) is 0 Å². The molecular formula is C15H18N4O4S. The van der Waals surface area contributed by atoms with Crippen molar-refractivity contribution in [3.8, 4) is 0 Å². The number of hydrogen-bond acceptors (Lipinski definition) is 6. The van der Waals surface area contributed by atoms with Gasteiger partial charge in [-0.3, -0.25) is 15.1 Å². The molecule has 1 fully saturated rings. The van der Waals surface area contributed by atoms with Gasteiger partial charge >= 0.3 is 0 Å². The average Bonchev–Trinajstić information content (AvgIpc) is 2.55. The number of pyridine rings is 1. The normalized spacial score (nSPS) is 21.7. The number of rotatable bonds is 4. The first kappa shape index (κ1) is 16.7. The van der Waals surface area contributed by atoms with Gasteiger partial charge in [-0.25, -0.2) is 13.1 Å². The summed E-state index contributed by atoms with van der Waals surface area (Å²) < 4.78 is 28.1. The van der Waals surface area contributed by atoms with Crippen molar-refractivity contribution in [2.45, 2.75) is 42.7 Å². The molecule has 1 aliphatic rings. The van der Waals surface area contributed by atoms with Gasteiger partial charge in [0.15, 0.2) is 0 Å². The van der Waals surface area contributed by atoms with E-state index in [1.165, 1.54) is 24.4 Å². The molecule has 3 rings (SSSR count).